The fourth-order valence-corrected chi connectivity index (χ4v) is 0.613. The molecule has 7 heavy (non-hydrogen) atoms. The Morgan fingerprint density at radius 3 is 2.86 bits per heavy atom. The standard InChI is InChI=1S/C4H5ClNO/c5-3-1-2-6-4(3)7/h2-3H,1H2,(H,6,7). The molecule has 2 nitrogen and oxygen atoms in total. The number of rotatable bonds is 0. The maximum absolute atomic E-state index is 10.3. The van der Waals surface area contributed by atoms with Crippen LogP contribution in [-0.2, 0) is 4.79 Å². The lowest BCUT2D eigenvalue weighted by Crippen LogP contribution is -2.17. The Morgan fingerprint density at radius 1 is 2.00 bits per heavy atom. The smallest absolute Gasteiger partial charge is 0.238 e. The molecule has 0 aromatic rings. The molecular weight excluding hydrogens is 114 g/mol. The summed E-state index contributed by atoms with van der Waals surface area (Å²) in [6.07, 6.45) is 0.653. The normalized spacial score (nSPS) is 30.4. The Balaban J connectivity index is 2.48. The van der Waals surface area contributed by atoms with Gasteiger partial charge in [0.05, 0.1) is 6.54 Å². The predicted octanol–water partition coefficient (Wildman–Crippen LogP) is 0.275. The van der Waals surface area contributed by atoms with Gasteiger partial charge in [-0.05, 0) is 6.42 Å². The molecule has 1 unspecified atom stereocenters. The van der Waals surface area contributed by atoms with Crippen LogP contribution in [0.1, 0.15) is 6.42 Å². The van der Waals surface area contributed by atoms with Crippen LogP contribution in [0.15, 0.2) is 0 Å². The topological polar surface area (TPSA) is 29.1 Å². The minimum Gasteiger partial charge on any atom is -0.350 e. The van der Waals surface area contributed by atoms with Gasteiger partial charge in [-0.1, -0.05) is 0 Å². The molecule has 0 saturated carbocycles. The number of amides is 1. The van der Waals surface area contributed by atoms with Crippen molar-refractivity contribution in [1.29, 1.82) is 0 Å². The zero-order valence-electron chi connectivity index (χ0n) is 3.65. The van der Waals surface area contributed by atoms with Crippen LogP contribution in [0.25, 0.3) is 0 Å². The quantitative estimate of drug-likeness (QED) is 0.455. The predicted molar refractivity (Wildman–Crippen MR) is 26.7 cm³/mol. The molecule has 1 aliphatic rings. The van der Waals surface area contributed by atoms with E-state index in [1.54, 1.807) is 6.54 Å². The Morgan fingerprint density at radius 2 is 2.71 bits per heavy atom. The second-order valence-electron chi connectivity index (χ2n) is 1.42. The van der Waals surface area contributed by atoms with Crippen LogP contribution in [0.4, 0.5) is 0 Å². The van der Waals surface area contributed by atoms with Crippen molar-refractivity contribution >= 4 is 17.5 Å². The third kappa shape index (κ3) is 0.855. The van der Waals surface area contributed by atoms with Gasteiger partial charge in [0, 0.05) is 0 Å². The summed E-state index contributed by atoms with van der Waals surface area (Å²) in [6, 6.07) is 0. The van der Waals surface area contributed by atoms with Crippen LogP contribution in [0.5, 0.6) is 0 Å². The zero-order valence-corrected chi connectivity index (χ0v) is 4.40. The van der Waals surface area contributed by atoms with Gasteiger partial charge in [-0.15, -0.1) is 11.6 Å². The second kappa shape index (κ2) is 1.70. The van der Waals surface area contributed by atoms with Crippen LogP contribution in [0, 0.1) is 6.54 Å². The minimum absolute atomic E-state index is 0.0818. The molecule has 1 fully saturated rings. The molecule has 0 aromatic carbocycles. The van der Waals surface area contributed by atoms with Gasteiger partial charge in [0.2, 0.25) is 5.91 Å². The summed E-state index contributed by atoms with van der Waals surface area (Å²) < 4.78 is 0. The van der Waals surface area contributed by atoms with Gasteiger partial charge in [-0.25, -0.2) is 0 Å². The van der Waals surface area contributed by atoms with Gasteiger partial charge in [0.15, 0.2) is 0 Å². The lowest BCUT2D eigenvalue weighted by molar-refractivity contribution is -0.118. The van der Waals surface area contributed by atoms with Gasteiger partial charge in [0.1, 0.15) is 5.38 Å². The van der Waals surface area contributed by atoms with E-state index in [9.17, 15) is 4.79 Å². The third-order valence-electron chi connectivity index (χ3n) is 0.854. The maximum Gasteiger partial charge on any atom is 0.238 e. The molecule has 3 heteroatoms. The highest BCUT2D eigenvalue weighted by Crippen LogP contribution is 2.08. The molecule has 39 valence electrons. The van der Waals surface area contributed by atoms with Crippen LogP contribution < -0.4 is 5.32 Å². The highest BCUT2D eigenvalue weighted by molar-refractivity contribution is 6.31. The Kier molecular flexibility index (Phi) is 1.19. The number of hydrogen-bond acceptors (Lipinski definition) is 1. The first-order valence-corrected chi connectivity index (χ1v) is 2.50. The molecule has 1 saturated heterocycles. The number of hydrogen-bond donors (Lipinski definition) is 1. The number of alkyl halides is 1. The molecular formula is C4H5ClNO. The molecule has 0 spiro atoms. The third-order valence-corrected chi connectivity index (χ3v) is 1.23. The van der Waals surface area contributed by atoms with Crippen LogP contribution in [0.3, 0.4) is 0 Å². The molecule has 1 N–H and O–H groups in total. The lowest BCUT2D eigenvalue weighted by Gasteiger charge is -1.87. The molecule has 1 rings (SSSR count). The minimum atomic E-state index is -0.319. The Hall–Kier alpha value is -0.240. The number of nitrogens with one attached hydrogen (secondary N) is 1. The van der Waals surface area contributed by atoms with Crippen LogP contribution in [0.2, 0.25) is 0 Å². The molecule has 0 aromatic heterocycles. The summed E-state index contributed by atoms with van der Waals surface area (Å²) in [5.74, 6) is -0.0818. The van der Waals surface area contributed by atoms with E-state index in [0.717, 1.165) is 0 Å². The van der Waals surface area contributed by atoms with Gasteiger partial charge in [-0.2, -0.15) is 0 Å². The SMILES string of the molecule is O=C1N[CH]CC1Cl. The zero-order chi connectivity index (χ0) is 5.28. The van der Waals surface area contributed by atoms with Crippen molar-refractivity contribution in [3.8, 4) is 0 Å². The van der Waals surface area contributed by atoms with Crippen molar-refractivity contribution < 1.29 is 4.79 Å². The summed E-state index contributed by atoms with van der Waals surface area (Å²) >= 11 is 5.42. The van der Waals surface area contributed by atoms with Crippen LogP contribution >= 0.6 is 11.6 Å². The molecule has 1 amide bonds. The summed E-state index contributed by atoms with van der Waals surface area (Å²) in [7, 11) is 0. The van der Waals surface area contributed by atoms with Gasteiger partial charge in [-0.3, -0.25) is 4.79 Å². The Bertz CT molecular complexity index is 93.7. The van der Waals surface area contributed by atoms with Crippen molar-refractivity contribution in [3.05, 3.63) is 6.54 Å². The molecule has 1 radical (unpaired) electrons. The first kappa shape index (κ1) is 4.91. The Labute approximate surface area is 46.8 Å². The van der Waals surface area contributed by atoms with E-state index in [0.29, 0.717) is 6.42 Å². The van der Waals surface area contributed by atoms with E-state index in [1.165, 1.54) is 0 Å². The summed E-state index contributed by atoms with van der Waals surface area (Å²) in [5, 5.41) is 2.15. The number of carbonyl (C=O) groups excluding carboxylic acids is 1. The van der Waals surface area contributed by atoms with Gasteiger partial charge in [0.25, 0.3) is 0 Å². The maximum atomic E-state index is 10.3. The molecule has 0 bridgehead atoms. The summed E-state index contributed by atoms with van der Waals surface area (Å²) in [4.78, 5) is 10.3. The number of carbonyl (C=O) groups is 1. The molecule has 1 atom stereocenters. The highest BCUT2D eigenvalue weighted by atomic mass is 35.5. The summed E-state index contributed by atoms with van der Waals surface area (Å²) in [5.41, 5.74) is 0. The van der Waals surface area contributed by atoms with E-state index >= 15 is 0 Å². The first-order chi connectivity index (χ1) is 3.30. The summed E-state index contributed by atoms with van der Waals surface area (Å²) in [6.45, 7) is 1.67. The monoisotopic (exact) mass is 118 g/mol. The van der Waals surface area contributed by atoms with Gasteiger partial charge < -0.3 is 5.32 Å². The number of halogens is 1. The lowest BCUT2D eigenvalue weighted by atomic mass is 10.4. The van der Waals surface area contributed by atoms with E-state index in [1.807, 2.05) is 0 Å². The van der Waals surface area contributed by atoms with Crippen molar-refractivity contribution in [3.63, 3.8) is 0 Å². The van der Waals surface area contributed by atoms with Crippen molar-refractivity contribution in [2.75, 3.05) is 0 Å². The van der Waals surface area contributed by atoms with Crippen molar-refractivity contribution in [2.24, 2.45) is 0 Å². The van der Waals surface area contributed by atoms with Gasteiger partial charge >= 0.3 is 0 Å². The van der Waals surface area contributed by atoms with E-state index in [-0.39, 0.29) is 11.3 Å². The molecule has 1 aliphatic heterocycles. The largest absolute Gasteiger partial charge is 0.350 e. The van der Waals surface area contributed by atoms with E-state index in [2.05, 4.69) is 5.32 Å². The van der Waals surface area contributed by atoms with Crippen molar-refractivity contribution in [1.82, 2.24) is 5.32 Å². The average Bonchev–Trinajstić information content (AvgIpc) is 1.91. The first-order valence-electron chi connectivity index (χ1n) is 2.07. The molecule has 1 heterocycles. The fraction of sp³-hybridized carbons (Fsp3) is 0.500. The second-order valence-corrected chi connectivity index (χ2v) is 1.94. The van der Waals surface area contributed by atoms with Crippen LogP contribution in [-0.4, -0.2) is 11.3 Å². The average molecular weight is 119 g/mol. The fourth-order valence-electron chi connectivity index (χ4n) is 0.460. The van der Waals surface area contributed by atoms with E-state index in [4.69, 9.17) is 11.6 Å². The van der Waals surface area contributed by atoms with E-state index < -0.39 is 0 Å². The van der Waals surface area contributed by atoms with Crippen molar-refractivity contribution in [2.45, 2.75) is 11.8 Å². The molecule has 0 aliphatic carbocycles. The highest BCUT2D eigenvalue weighted by Gasteiger charge is 2.20.